The number of rotatable bonds is 7. The lowest BCUT2D eigenvalue weighted by Crippen LogP contribution is -2.01. The number of ether oxygens (including phenoxy) is 2. The Kier molecular flexibility index (Phi) is 5.71. The van der Waals surface area contributed by atoms with Crippen molar-refractivity contribution in [3.8, 4) is 11.5 Å². The molecule has 132 valence electrons. The van der Waals surface area contributed by atoms with Gasteiger partial charge in [-0.2, -0.15) is 0 Å². The van der Waals surface area contributed by atoms with Gasteiger partial charge in [0, 0.05) is 17.7 Å². The highest BCUT2D eigenvalue weighted by Crippen LogP contribution is 2.28. The molecule has 0 N–H and O–H groups in total. The summed E-state index contributed by atoms with van der Waals surface area (Å²) in [5, 5.41) is 10.8. The van der Waals surface area contributed by atoms with Crippen molar-refractivity contribution in [2.75, 3.05) is 0 Å². The third-order valence-electron chi connectivity index (χ3n) is 3.65. The van der Waals surface area contributed by atoms with E-state index in [0.29, 0.717) is 23.7 Å². The van der Waals surface area contributed by atoms with Crippen molar-refractivity contribution in [2.24, 2.45) is 0 Å². The van der Waals surface area contributed by atoms with E-state index in [9.17, 15) is 10.1 Å². The van der Waals surface area contributed by atoms with E-state index in [1.165, 1.54) is 12.1 Å². The van der Waals surface area contributed by atoms with Gasteiger partial charge in [-0.05, 0) is 29.8 Å². The Labute approximate surface area is 155 Å². The summed E-state index contributed by atoms with van der Waals surface area (Å²) in [5.41, 5.74) is 0.747. The molecule has 0 spiro atoms. The lowest BCUT2D eigenvalue weighted by molar-refractivity contribution is -0.384. The molecule has 1 unspecified atom stereocenters. The first-order chi connectivity index (χ1) is 12.6. The number of nitrogens with zero attached hydrogens (tertiary/aromatic N) is 1. The van der Waals surface area contributed by atoms with E-state index in [-0.39, 0.29) is 5.69 Å². The first kappa shape index (κ1) is 17.8. The van der Waals surface area contributed by atoms with Crippen molar-refractivity contribution in [3.63, 3.8) is 0 Å². The largest absolute Gasteiger partial charge is 0.489 e. The molecule has 3 rings (SSSR count). The Morgan fingerprint density at radius 1 is 0.923 bits per heavy atom. The summed E-state index contributed by atoms with van der Waals surface area (Å²) in [5.74, 6) is 1.26. The van der Waals surface area contributed by atoms with Gasteiger partial charge in [-0.3, -0.25) is 10.1 Å². The van der Waals surface area contributed by atoms with Crippen LogP contribution < -0.4 is 9.47 Å². The van der Waals surface area contributed by atoms with Crippen LogP contribution in [0, 0.1) is 10.1 Å². The Bertz CT molecular complexity index is 868. The highest BCUT2D eigenvalue weighted by molar-refractivity contribution is 6.20. The minimum atomic E-state index is -0.828. The van der Waals surface area contributed by atoms with Gasteiger partial charge in [-0.1, -0.05) is 54.1 Å². The number of hydrogen-bond acceptors (Lipinski definition) is 4. The number of alkyl halides is 1. The number of halogens is 1. The number of nitro benzene ring substituents is 1. The monoisotopic (exact) mass is 369 g/mol. The maximum absolute atomic E-state index is 10.8. The van der Waals surface area contributed by atoms with Crippen LogP contribution in [0.3, 0.4) is 0 Å². The Morgan fingerprint density at radius 3 is 2.31 bits per heavy atom. The fraction of sp³-hybridized carbons (Fsp3) is 0.100. The molecule has 1 atom stereocenters. The molecule has 0 aliphatic heterocycles. The van der Waals surface area contributed by atoms with Crippen molar-refractivity contribution in [1.82, 2.24) is 0 Å². The molecule has 0 fully saturated rings. The first-order valence-electron chi connectivity index (χ1n) is 7.94. The quantitative estimate of drug-likeness (QED) is 0.314. The van der Waals surface area contributed by atoms with Crippen LogP contribution in [0.25, 0.3) is 0 Å². The van der Waals surface area contributed by atoms with Crippen LogP contribution in [0.15, 0.2) is 78.9 Å². The number of benzene rings is 3. The molecule has 0 saturated carbocycles. The molecule has 0 radical (unpaired) electrons. The van der Waals surface area contributed by atoms with Crippen LogP contribution in [-0.2, 0) is 6.61 Å². The second kappa shape index (κ2) is 8.36. The van der Waals surface area contributed by atoms with Gasteiger partial charge in [-0.25, -0.2) is 0 Å². The van der Waals surface area contributed by atoms with Crippen molar-refractivity contribution in [2.45, 2.75) is 12.2 Å². The smallest absolute Gasteiger partial charge is 0.269 e. The van der Waals surface area contributed by atoms with Gasteiger partial charge < -0.3 is 9.47 Å². The van der Waals surface area contributed by atoms with Gasteiger partial charge in [0.25, 0.3) is 5.69 Å². The number of non-ortho nitro benzene ring substituents is 1. The number of nitro groups is 1. The molecule has 3 aromatic rings. The molecule has 0 aliphatic rings. The zero-order valence-corrected chi connectivity index (χ0v) is 14.5. The van der Waals surface area contributed by atoms with Gasteiger partial charge in [0.2, 0.25) is 0 Å². The molecular weight excluding hydrogens is 354 g/mol. The summed E-state index contributed by atoms with van der Waals surface area (Å²) in [6.45, 7) is 0.479. The van der Waals surface area contributed by atoms with E-state index in [1.807, 2.05) is 30.3 Å². The van der Waals surface area contributed by atoms with Crippen molar-refractivity contribution < 1.29 is 14.4 Å². The maximum atomic E-state index is 10.8. The molecule has 0 aliphatic carbocycles. The summed E-state index contributed by atoms with van der Waals surface area (Å²) in [4.78, 5) is 10.4. The zero-order chi connectivity index (χ0) is 18.4. The summed E-state index contributed by atoms with van der Waals surface area (Å²) >= 11 is 6.22. The van der Waals surface area contributed by atoms with E-state index >= 15 is 0 Å². The first-order valence-corrected chi connectivity index (χ1v) is 8.37. The average Bonchev–Trinajstić information content (AvgIpc) is 2.68. The Hall–Kier alpha value is -3.05. The molecule has 6 heteroatoms. The van der Waals surface area contributed by atoms with Crippen LogP contribution in [0.4, 0.5) is 5.69 Å². The van der Waals surface area contributed by atoms with Crippen LogP contribution in [0.1, 0.15) is 16.7 Å². The standard InChI is InChI=1S/C20H16ClNO4/c21-20(16-7-4-8-17(13-16)22(23)24)26-19-11-9-18(10-12-19)25-14-15-5-2-1-3-6-15/h1-13,20H,14H2. The van der Waals surface area contributed by atoms with E-state index < -0.39 is 10.5 Å². The summed E-state index contributed by atoms with van der Waals surface area (Å²) in [6, 6.07) is 23.0. The van der Waals surface area contributed by atoms with E-state index in [2.05, 4.69) is 0 Å². The number of hydrogen-bond donors (Lipinski definition) is 0. The van der Waals surface area contributed by atoms with E-state index in [4.69, 9.17) is 21.1 Å². The molecular formula is C20H16ClNO4. The molecule has 5 nitrogen and oxygen atoms in total. The lowest BCUT2D eigenvalue weighted by atomic mass is 10.2. The van der Waals surface area contributed by atoms with Crippen molar-refractivity contribution in [1.29, 1.82) is 0 Å². The molecule has 26 heavy (non-hydrogen) atoms. The molecule has 0 aromatic heterocycles. The minimum absolute atomic E-state index is 0.0265. The highest BCUT2D eigenvalue weighted by atomic mass is 35.5. The molecule has 3 aromatic carbocycles. The van der Waals surface area contributed by atoms with Gasteiger partial charge in [0.05, 0.1) is 4.92 Å². The second-order valence-corrected chi connectivity index (χ2v) is 5.93. The molecule has 0 amide bonds. The van der Waals surface area contributed by atoms with Gasteiger partial charge >= 0.3 is 0 Å². The normalized spacial score (nSPS) is 11.6. The van der Waals surface area contributed by atoms with Gasteiger partial charge in [0.1, 0.15) is 18.1 Å². The third-order valence-corrected chi connectivity index (χ3v) is 4.00. The summed E-state index contributed by atoms with van der Waals surface area (Å²) in [6.07, 6.45) is 0. The highest BCUT2D eigenvalue weighted by Gasteiger charge is 2.14. The predicted molar refractivity (Wildman–Crippen MR) is 99.5 cm³/mol. The topological polar surface area (TPSA) is 61.6 Å². The van der Waals surface area contributed by atoms with Crippen molar-refractivity contribution in [3.05, 3.63) is 100 Å². The lowest BCUT2D eigenvalue weighted by Gasteiger charge is -2.13. The van der Waals surface area contributed by atoms with Gasteiger partial charge in [0.15, 0.2) is 5.56 Å². The predicted octanol–water partition coefficient (Wildman–Crippen LogP) is 5.49. The molecule has 0 saturated heterocycles. The summed E-state index contributed by atoms with van der Waals surface area (Å²) < 4.78 is 11.4. The second-order valence-electron chi connectivity index (χ2n) is 5.53. The minimum Gasteiger partial charge on any atom is -0.489 e. The SMILES string of the molecule is O=[N+]([O-])c1cccc(C(Cl)Oc2ccc(OCc3ccccc3)cc2)c1. The van der Waals surface area contributed by atoms with Crippen LogP contribution in [0.5, 0.6) is 11.5 Å². The molecule has 0 heterocycles. The van der Waals surface area contributed by atoms with E-state index in [0.717, 1.165) is 5.56 Å². The fourth-order valence-electron chi connectivity index (χ4n) is 2.32. The van der Waals surface area contributed by atoms with Crippen LogP contribution in [-0.4, -0.2) is 4.92 Å². The zero-order valence-electron chi connectivity index (χ0n) is 13.7. The van der Waals surface area contributed by atoms with Crippen molar-refractivity contribution >= 4 is 17.3 Å². The van der Waals surface area contributed by atoms with Gasteiger partial charge in [-0.15, -0.1) is 0 Å². The average molecular weight is 370 g/mol. The fourth-order valence-corrected chi connectivity index (χ4v) is 2.56. The Morgan fingerprint density at radius 2 is 1.62 bits per heavy atom. The van der Waals surface area contributed by atoms with E-state index in [1.54, 1.807) is 36.4 Å². The summed E-state index contributed by atoms with van der Waals surface area (Å²) in [7, 11) is 0. The van der Waals surface area contributed by atoms with Crippen LogP contribution in [0.2, 0.25) is 0 Å². The maximum Gasteiger partial charge on any atom is 0.269 e. The Balaban J connectivity index is 1.60. The third kappa shape index (κ3) is 4.74. The molecule has 0 bridgehead atoms. The van der Waals surface area contributed by atoms with Crippen LogP contribution >= 0.6 is 11.6 Å².